The van der Waals surface area contributed by atoms with Gasteiger partial charge in [-0.25, -0.2) is 0 Å². The highest BCUT2D eigenvalue weighted by atomic mass is 32.2. The summed E-state index contributed by atoms with van der Waals surface area (Å²) >= 11 is 2.70. The number of benzene rings is 1. The van der Waals surface area contributed by atoms with Crippen LogP contribution in [0.3, 0.4) is 0 Å². The van der Waals surface area contributed by atoms with E-state index in [1.165, 1.54) is 23.1 Å². The molecule has 1 aliphatic rings. The normalized spacial score (nSPS) is 15.9. The number of nitriles is 1. The van der Waals surface area contributed by atoms with E-state index in [1.54, 1.807) is 6.92 Å². The Morgan fingerprint density at radius 1 is 1.26 bits per heavy atom. The lowest BCUT2D eigenvalue weighted by atomic mass is 9.86. The van der Waals surface area contributed by atoms with Gasteiger partial charge >= 0.3 is 5.97 Å². The minimum absolute atomic E-state index is 0.0799. The highest BCUT2D eigenvalue weighted by Gasteiger charge is 2.35. The second kappa shape index (κ2) is 10.3. The number of dihydropyridines is 1. The van der Waals surface area contributed by atoms with E-state index in [0.29, 0.717) is 28.5 Å². The van der Waals surface area contributed by atoms with Gasteiger partial charge in [-0.1, -0.05) is 36.0 Å². The summed E-state index contributed by atoms with van der Waals surface area (Å²) in [5.41, 5.74) is 3.23. The Morgan fingerprint density at radius 3 is 2.68 bits per heavy atom. The molecule has 6 nitrogen and oxygen atoms in total. The van der Waals surface area contributed by atoms with Gasteiger partial charge in [0.25, 0.3) is 5.91 Å². The summed E-state index contributed by atoms with van der Waals surface area (Å²) in [4.78, 5) is 26.1. The van der Waals surface area contributed by atoms with Gasteiger partial charge in [-0.2, -0.15) is 5.26 Å². The fourth-order valence-corrected chi connectivity index (χ4v) is 5.04. The molecule has 1 aliphatic heterocycles. The number of rotatable bonds is 7. The van der Waals surface area contributed by atoms with Crippen molar-refractivity contribution >= 4 is 40.7 Å². The number of carbonyl (C=O) groups is 2. The van der Waals surface area contributed by atoms with Crippen molar-refractivity contribution < 1.29 is 14.3 Å². The van der Waals surface area contributed by atoms with Crippen molar-refractivity contribution in [3.8, 4) is 6.07 Å². The second-order valence-corrected chi connectivity index (χ2v) is 8.79. The number of thiophene rings is 1. The summed E-state index contributed by atoms with van der Waals surface area (Å²) in [6.45, 7) is 5.79. The lowest BCUT2D eigenvalue weighted by molar-refractivity contribution is -0.139. The zero-order valence-corrected chi connectivity index (χ0v) is 19.2. The van der Waals surface area contributed by atoms with Gasteiger partial charge in [0.2, 0.25) is 0 Å². The van der Waals surface area contributed by atoms with Crippen LogP contribution in [0.15, 0.2) is 63.7 Å². The topological polar surface area (TPSA) is 91.2 Å². The molecule has 0 saturated heterocycles. The van der Waals surface area contributed by atoms with Crippen LogP contribution in [0.25, 0.3) is 0 Å². The quantitative estimate of drug-likeness (QED) is 0.591. The maximum absolute atomic E-state index is 13.3. The summed E-state index contributed by atoms with van der Waals surface area (Å²) in [7, 11) is 0. The summed E-state index contributed by atoms with van der Waals surface area (Å²) < 4.78 is 5.00. The Morgan fingerprint density at radius 2 is 2.03 bits per heavy atom. The predicted octanol–water partition coefficient (Wildman–Crippen LogP) is 4.69. The molecule has 160 valence electrons. The number of hydrogen-bond donors (Lipinski definition) is 2. The first kappa shape index (κ1) is 22.7. The molecule has 0 bridgehead atoms. The Labute approximate surface area is 190 Å². The number of nitrogens with one attached hydrogen (secondary N) is 2. The number of anilines is 1. The van der Waals surface area contributed by atoms with E-state index in [2.05, 4.69) is 16.7 Å². The van der Waals surface area contributed by atoms with Crippen molar-refractivity contribution in [3.05, 3.63) is 74.1 Å². The molecule has 3 rings (SSSR count). The van der Waals surface area contributed by atoms with Crippen LogP contribution in [-0.4, -0.2) is 24.2 Å². The van der Waals surface area contributed by atoms with Crippen molar-refractivity contribution in [2.24, 2.45) is 0 Å². The van der Waals surface area contributed by atoms with Crippen LogP contribution in [0.2, 0.25) is 0 Å². The highest BCUT2D eigenvalue weighted by Crippen LogP contribution is 2.42. The first-order valence-corrected chi connectivity index (χ1v) is 11.6. The summed E-state index contributed by atoms with van der Waals surface area (Å²) in [6, 6.07) is 13.6. The molecular weight excluding hydrogens is 430 g/mol. The third-order valence-corrected chi connectivity index (χ3v) is 6.68. The number of thioether (sulfide) groups is 1. The third kappa shape index (κ3) is 5.19. The van der Waals surface area contributed by atoms with Crippen LogP contribution in [0, 0.1) is 18.3 Å². The van der Waals surface area contributed by atoms with Gasteiger partial charge in [0.15, 0.2) is 0 Å². The second-order valence-electron chi connectivity index (χ2n) is 6.83. The van der Waals surface area contributed by atoms with Gasteiger partial charge in [-0.15, -0.1) is 11.3 Å². The van der Waals surface area contributed by atoms with Gasteiger partial charge in [-0.3, -0.25) is 9.59 Å². The molecule has 2 aromatic rings. The van der Waals surface area contributed by atoms with Gasteiger partial charge in [0.1, 0.15) is 0 Å². The van der Waals surface area contributed by atoms with Crippen molar-refractivity contribution in [3.63, 3.8) is 0 Å². The maximum Gasteiger partial charge on any atom is 0.316 e. The summed E-state index contributed by atoms with van der Waals surface area (Å²) in [5, 5.41) is 18.6. The van der Waals surface area contributed by atoms with Gasteiger partial charge in [0, 0.05) is 21.8 Å². The molecular formula is C23H23N3O3S2. The lowest BCUT2D eigenvalue weighted by Gasteiger charge is -2.29. The minimum Gasteiger partial charge on any atom is -0.465 e. The van der Waals surface area contributed by atoms with Crippen LogP contribution < -0.4 is 10.6 Å². The molecule has 0 fully saturated rings. The summed E-state index contributed by atoms with van der Waals surface area (Å²) in [6.07, 6.45) is 0. The number of nitrogens with zero attached hydrogens (tertiary/aromatic N) is 1. The monoisotopic (exact) mass is 453 g/mol. The van der Waals surface area contributed by atoms with Crippen molar-refractivity contribution in [2.45, 2.75) is 26.7 Å². The number of carbonyl (C=O) groups excluding carboxylic acids is 2. The molecule has 0 saturated carbocycles. The fourth-order valence-electron chi connectivity index (χ4n) is 3.30. The minimum atomic E-state index is -0.514. The number of esters is 1. The number of amides is 1. The molecule has 0 unspecified atom stereocenters. The molecule has 31 heavy (non-hydrogen) atoms. The van der Waals surface area contributed by atoms with Crippen molar-refractivity contribution in [1.82, 2.24) is 5.32 Å². The van der Waals surface area contributed by atoms with Gasteiger partial charge in [-0.05, 0) is 43.8 Å². The Balaban J connectivity index is 1.97. The number of hydrogen-bond acceptors (Lipinski definition) is 7. The van der Waals surface area contributed by atoms with Crippen LogP contribution in [0.5, 0.6) is 0 Å². The van der Waals surface area contributed by atoms with Crippen molar-refractivity contribution in [2.75, 3.05) is 17.7 Å². The molecule has 1 atom stereocenters. The zero-order chi connectivity index (χ0) is 22.4. The number of aryl methyl sites for hydroxylation is 1. The Kier molecular flexibility index (Phi) is 7.55. The van der Waals surface area contributed by atoms with E-state index in [9.17, 15) is 14.9 Å². The average molecular weight is 454 g/mol. The van der Waals surface area contributed by atoms with Crippen LogP contribution in [-0.2, 0) is 14.3 Å². The van der Waals surface area contributed by atoms with Crippen molar-refractivity contribution in [1.29, 1.82) is 5.26 Å². The smallest absolute Gasteiger partial charge is 0.316 e. The molecule has 2 N–H and O–H groups in total. The molecule has 0 radical (unpaired) electrons. The molecule has 8 heteroatoms. The molecule has 1 aromatic heterocycles. The molecule has 2 heterocycles. The largest absolute Gasteiger partial charge is 0.465 e. The SMILES string of the molecule is CCOC(=O)CSC1=C(C#N)[C@@H](c2cccs2)C(C(=O)Nc2ccccc2C)=C(C)N1. The molecule has 1 aromatic carbocycles. The number of allylic oxidation sites excluding steroid dienone is 2. The summed E-state index contributed by atoms with van der Waals surface area (Å²) in [5.74, 6) is -1.05. The van der Waals surface area contributed by atoms with E-state index in [4.69, 9.17) is 4.74 Å². The molecule has 0 spiro atoms. The van der Waals surface area contributed by atoms with Gasteiger partial charge < -0.3 is 15.4 Å². The third-order valence-electron chi connectivity index (χ3n) is 4.75. The van der Waals surface area contributed by atoms with E-state index in [0.717, 1.165) is 16.1 Å². The zero-order valence-electron chi connectivity index (χ0n) is 17.5. The van der Waals surface area contributed by atoms with Crippen LogP contribution in [0.1, 0.15) is 30.2 Å². The maximum atomic E-state index is 13.3. The number of para-hydroxylation sites is 1. The predicted molar refractivity (Wildman–Crippen MR) is 124 cm³/mol. The van der Waals surface area contributed by atoms with E-state index < -0.39 is 5.92 Å². The standard InChI is InChI=1S/C23H23N3O3S2/c1-4-29-19(27)13-31-23-16(12-24)21(18-10-7-11-30-18)20(15(3)25-23)22(28)26-17-9-6-5-8-14(17)2/h5-11,21,25H,4,13H2,1-3H3,(H,26,28)/t21-/m0/s1. The lowest BCUT2D eigenvalue weighted by Crippen LogP contribution is -2.30. The Hall–Kier alpha value is -3.02. The molecule has 0 aliphatic carbocycles. The van der Waals surface area contributed by atoms with Gasteiger partial charge in [0.05, 0.1) is 34.9 Å². The average Bonchev–Trinajstić information content (AvgIpc) is 3.28. The van der Waals surface area contributed by atoms with Crippen LogP contribution >= 0.6 is 23.1 Å². The van der Waals surface area contributed by atoms with E-state index in [1.807, 2.05) is 55.6 Å². The van der Waals surface area contributed by atoms with E-state index >= 15 is 0 Å². The van der Waals surface area contributed by atoms with E-state index in [-0.39, 0.29) is 17.6 Å². The molecule has 1 amide bonds. The Bertz CT molecular complexity index is 1080. The highest BCUT2D eigenvalue weighted by molar-refractivity contribution is 8.03. The fraction of sp³-hybridized carbons (Fsp3) is 0.261. The number of ether oxygens (including phenoxy) is 1. The van der Waals surface area contributed by atoms with Crippen LogP contribution in [0.4, 0.5) is 5.69 Å². The first-order chi connectivity index (χ1) is 15.0. The first-order valence-electron chi connectivity index (χ1n) is 9.77.